The lowest BCUT2D eigenvalue weighted by molar-refractivity contribution is -0.146. The number of carbonyl (C=O) groups is 3. The molecule has 2 aromatic rings. The van der Waals surface area contributed by atoms with Crippen molar-refractivity contribution in [3.8, 4) is 0 Å². The van der Waals surface area contributed by atoms with E-state index < -0.39 is 17.5 Å². The fraction of sp³-hybridized carbons (Fsp3) is 0.688. The van der Waals surface area contributed by atoms with Gasteiger partial charge in [-0.05, 0) is 74.3 Å². The Kier molecular flexibility index (Phi) is 13.5. The fourth-order valence-electron chi connectivity index (χ4n) is 4.97. The van der Waals surface area contributed by atoms with Gasteiger partial charge in [-0.15, -0.1) is 0 Å². The average Bonchev–Trinajstić information content (AvgIpc) is 3.83. The summed E-state index contributed by atoms with van der Waals surface area (Å²) in [5, 5.41) is -0.0690. The summed E-state index contributed by atoms with van der Waals surface area (Å²) in [6, 6.07) is 1.11. The van der Waals surface area contributed by atoms with Gasteiger partial charge >= 0.3 is 12.1 Å². The largest absolute Gasteiger partial charge is 0.465 e. The molecule has 3 aliphatic carbocycles. The normalized spacial score (nSPS) is 22.0. The molecule has 6 nitrogen and oxygen atoms in total. The number of esters is 1. The van der Waals surface area contributed by atoms with Crippen molar-refractivity contribution in [3.63, 3.8) is 0 Å². The Bertz CT molecular complexity index is 1210. The van der Waals surface area contributed by atoms with Gasteiger partial charge in [-0.25, -0.2) is 4.98 Å². The van der Waals surface area contributed by atoms with Crippen molar-refractivity contribution in [2.45, 2.75) is 112 Å². The van der Waals surface area contributed by atoms with E-state index in [4.69, 9.17) is 16.3 Å². The Morgan fingerprint density at radius 3 is 1.98 bits per heavy atom. The smallest absolute Gasteiger partial charge is 0.419 e. The van der Waals surface area contributed by atoms with Crippen LogP contribution in [0.5, 0.6) is 0 Å². The number of ketones is 2. The molecule has 236 valence electrons. The third kappa shape index (κ3) is 9.81. The molecule has 0 spiro atoms. The van der Waals surface area contributed by atoms with Gasteiger partial charge in [-0.2, -0.15) is 13.2 Å². The summed E-state index contributed by atoms with van der Waals surface area (Å²) in [7, 11) is 0. The van der Waals surface area contributed by atoms with Crippen molar-refractivity contribution < 1.29 is 32.3 Å². The van der Waals surface area contributed by atoms with E-state index in [0.29, 0.717) is 30.4 Å². The standard InChI is InChI=1S/C13H10ClF3N2O.C11H18O2.C4H8O.C4H10/c1-6(20)10-11(14)19-5-8(7-2-3-7)4-9(12(19)18-10)13(15,16)17;1-3-4-13-11(12)10-8-5-7(2)6-9(8)10;1-3-4(2)5;1-3-4-2/h4-5,7H,2-3H2,1H3;7-10H,3-6H2,1-2H3;3H2,1-2H3;3-4H2,1-2H3. The molecule has 0 aliphatic heterocycles. The predicted molar refractivity (Wildman–Crippen MR) is 159 cm³/mol. The minimum atomic E-state index is -4.53. The molecule has 5 rings (SSSR count). The molecule has 10 heteroatoms. The van der Waals surface area contributed by atoms with Crippen LogP contribution in [-0.4, -0.2) is 33.5 Å². The minimum absolute atomic E-state index is 0.0690. The van der Waals surface area contributed by atoms with E-state index in [0.717, 1.165) is 35.6 Å². The van der Waals surface area contributed by atoms with Crippen molar-refractivity contribution in [1.82, 2.24) is 9.38 Å². The number of halogens is 4. The highest BCUT2D eigenvalue weighted by molar-refractivity contribution is 6.33. The van der Waals surface area contributed by atoms with Crippen LogP contribution >= 0.6 is 11.6 Å². The number of Topliss-reactive ketones (excluding diaryl/α,β-unsaturated/α-hetero) is 2. The second-order valence-electron chi connectivity index (χ2n) is 11.6. The number of carbonyl (C=O) groups excluding carboxylic acids is 3. The van der Waals surface area contributed by atoms with Crippen molar-refractivity contribution in [1.29, 1.82) is 0 Å². The van der Waals surface area contributed by atoms with Crippen LogP contribution in [0.3, 0.4) is 0 Å². The van der Waals surface area contributed by atoms with Gasteiger partial charge < -0.3 is 9.53 Å². The van der Waals surface area contributed by atoms with E-state index >= 15 is 0 Å². The first kappa shape index (κ1) is 35.8. The number of unbranched alkanes of at least 4 members (excludes halogenated alkanes) is 1. The lowest BCUT2D eigenvalue weighted by atomic mass is 10.0. The molecule has 2 aromatic heterocycles. The van der Waals surface area contributed by atoms with Gasteiger partial charge in [-0.3, -0.25) is 14.0 Å². The van der Waals surface area contributed by atoms with Gasteiger partial charge in [0.2, 0.25) is 0 Å². The van der Waals surface area contributed by atoms with Crippen LogP contribution in [0, 0.1) is 23.7 Å². The molecule has 0 amide bonds. The van der Waals surface area contributed by atoms with Crippen LogP contribution in [0.25, 0.3) is 5.65 Å². The van der Waals surface area contributed by atoms with Crippen molar-refractivity contribution in [2.24, 2.45) is 23.7 Å². The van der Waals surface area contributed by atoms with Crippen molar-refractivity contribution in [2.75, 3.05) is 6.61 Å². The molecule has 2 unspecified atom stereocenters. The fourth-order valence-corrected chi connectivity index (χ4v) is 5.28. The molecule has 0 saturated heterocycles. The monoisotopic (exact) mass is 614 g/mol. The van der Waals surface area contributed by atoms with Crippen LogP contribution in [-0.2, 0) is 20.5 Å². The summed E-state index contributed by atoms with van der Waals surface area (Å²) in [5.74, 6) is 2.49. The number of fused-ring (bicyclic) bond motifs is 2. The Morgan fingerprint density at radius 1 is 1.02 bits per heavy atom. The molecular formula is C32H46ClF3N2O4. The molecule has 0 bridgehead atoms. The Balaban J connectivity index is 0.000000239. The first-order valence-electron chi connectivity index (χ1n) is 15.2. The summed E-state index contributed by atoms with van der Waals surface area (Å²) in [6.07, 6.45) is 5.49. The number of pyridine rings is 1. The van der Waals surface area contributed by atoms with E-state index in [1.165, 1.54) is 32.6 Å². The van der Waals surface area contributed by atoms with Crippen molar-refractivity contribution >= 4 is 34.8 Å². The van der Waals surface area contributed by atoms with Gasteiger partial charge in [0.25, 0.3) is 0 Å². The summed E-state index contributed by atoms with van der Waals surface area (Å²) < 4.78 is 45.7. The molecule has 2 heterocycles. The van der Waals surface area contributed by atoms with E-state index in [2.05, 4.69) is 25.8 Å². The molecule has 3 fully saturated rings. The Hall–Kier alpha value is -2.42. The lowest BCUT2D eigenvalue weighted by Gasteiger charge is -2.10. The molecule has 42 heavy (non-hydrogen) atoms. The highest BCUT2D eigenvalue weighted by Crippen LogP contribution is 2.59. The molecule has 3 aliphatic rings. The number of ether oxygens (including phenoxy) is 1. The van der Waals surface area contributed by atoms with E-state index in [-0.39, 0.29) is 40.1 Å². The summed E-state index contributed by atoms with van der Waals surface area (Å²) in [5.41, 5.74) is -0.724. The number of aromatic nitrogens is 2. The van der Waals surface area contributed by atoms with E-state index in [1.807, 2.05) is 13.8 Å². The zero-order chi connectivity index (χ0) is 31.8. The van der Waals surface area contributed by atoms with Crippen LogP contribution in [0.15, 0.2) is 12.3 Å². The summed E-state index contributed by atoms with van der Waals surface area (Å²) in [4.78, 5) is 36.4. The first-order valence-corrected chi connectivity index (χ1v) is 15.5. The van der Waals surface area contributed by atoms with Gasteiger partial charge in [0.15, 0.2) is 11.4 Å². The Morgan fingerprint density at radius 2 is 1.57 bits per heavy atom. The third-order valence-electron chi connectivity index (χ3n) is 7.77. The number of alkyl halides is 3. The molecule has 2 atom stereocenters. The number of nitrogens with zero attached hydrogens (tertiary/aromatic N) is 2. The lowest BCUT2D eigenvalue weighted by Crippen LogP contribution is -2.12. The molecular weight excluding hydrogens is 569 g/mol. The van der Waals surface area contributed by atoms with Crippen LogP contribution in [0.1, 0.15) is 127 Å². The number of rotatable bonds is 7. The van der Waals surface area contributed by atoms with Gasteiger partial charge in [0.05, 0.1) is 18.1 Å². The number of hydrogen-bond acceptors (Lipinski definition) is 5. The van der Waals surface area contributed by atoms with E-state index in [9.17, 15) is 27.6 Å². The summed E-state index contributed by atoms with van der Waals surface area (Å²) >= 11 is 5.98. The molecule has 0 radical (unpaired) electrons. The highest BCUT2D eigenvalue weighted by Gasteiger charge is 2.59. The third-order valence-corrected chi connectivity index (χ3v) is 8.13. The summed E-state index contributed by atoms with van der Waals surface area (Å²) in [6.45, 7) is 13.9. The minimum Gasteiger partial charge on any atom is -0.465 e. The van der Waals surface area contributed by atoms with E-state index in [1.54, 1.807) is 13.1 Å². The maximum atomic E-state index is 13.1. The number of imidazole rings is 1. The van der Waals surface area contributed by atoms with Gasteiger partial charge in [0, 0.05) is 19.5 Å². The second-order valence-corrected chi connectivity index (χ2v) is 12.0. The van der Waals surface area contributed by atoms with Gasteiger partial charge in [0.1, 0.15) is 16.6 Å². The molecule has 3 saturated carbocycles. The molecule has 0 aromatic carbocycles. The number of hydrogen-bond donors (Lipinski definition) is 0. The van der Waals surface area contributed by atoms with Gasteiger partial charge in [-0.1, -0.05) is 59.1 Å². The zero-order valence-electron chi connectivity index (χ0n) is 25.9. The maximum absolute atomic E-state index is 13.1. The Labute approximate surface area is 252 Å². The van der Waals surface area contributed by atoms with Crippen LogP contribution < -0.4 is 0 Å². The molecule has 0 N–H and O–H groups in total. The van der Waals surface area contributed by atoms with Crippen molar-refractivity contribution in [3.05, 3.63) is 34.2 Å². The quantitative estimate of drug-likeness (QED) is 0.230. The zero-order valence-corrected chi connectivity index (χ0v) is 26.7. The second kappa shape index (κ2) is 15.9. The van der Waals surface area contributed by atoms with Crippen LogP contribution in [0.4, 0.5) is 13.2 Å². The topological polar surface area (TPSA) is 77.7 Å². The van der Waals surface area contributed by atoms with Crippen LogP contribution in [0.2, 0.25) is 5.15 Å². The average molecular weight is 615 g/mol. The first-order chi connectivity index (χ1) is 19.7. The SMILES string of the molecule is CC(=O)c1nc2c(C(F)(F)F)cc(C3CC3)cn2c1Cl.CCC(C)=O.CCCC.CCCOC(=O)C1C2CC(C)CC21. The predicted octanol–water partition coefficient (Wildman–Crippen LogP) is 9.11. The highest BCUT2D eigenvalue weighted by atomic mass is 35.5. The maximum Gasteiger partial charge on any atom is 0.419 e.